The van der Waals surface area contributed by atoms with Gasteiger partial charge in [-0.05, 0) is 75.5 Å². The molecule has 1 N–H and O–H groups in total. The summed E-state index contributed by atoms with van der Waals surface area (Å²) in [4.78, 5) is 4.94. The van der Waals surface area contributed by atoms with Crippen LogP contribution in [-0.2, 0) is 0 Å². The van der Waals surface area contributed by atoms with Gasteiger partial charge < -0.3 is 14.7 Å². The quantitative estimate of drug-likeness (QED) is 0.522. The molecule has 0 saturated carbocycles. The molecule has 2 aliphatic rings. The molecule has 0 aliphatic carbocycles. The minimum Gasteiger partial charge on any atom is -0.494 e. The molecule has 31 heavy (non-hydrogen) atoms. The Balaban J connectivity index is 1.31. The lowest BCUT2D eigenvalue weighted by atomic mass is 10.0. The SMILES string of the molecule is OC(CN1CCCC1c1cccc(OCCCN2CCCCC2)c1)c1ccccc1Cl. The maximum absolute atomic E-state index is 10.8. The molecule has 4 nitrogen and oxygen atoms in total. The summed E-state index contributed by atoms with van der Waals surface area (Å²) in [6.07, 6.45) is 6.80. The maximum Gasteiger partial charge on any atom is 0.119 e. The summed E-state index contributed by atoms with van der Waals surface area (Å²) in [6.45, 7) is 5.97. The second-order valence-electron chi connectivity index (χ2n) is 8.87. The zero-order valence-electron chi connectivity index (χ0n) is 18.4. The Morgan fingerprint density at radius 3 is 2.68 bits per heavy atom. The third-order valence-electron chi connectivity index (χ3n) is 6.61. The summed E-state index contributed by atoms with van der Waals surface area (Å²) in [7, 11) is 0. The van der Waals surface area contributed by atoms with Crippen LogP contribution in [0.4, 0.5) is 0 Å². The summed E-state index contributed by atoms with van der Waals surface area (Å²) in [6, 6.07) is 16.4. The largest absolute Gasteiger partial charge is 0.494 e. The Morgan fingerprint density at radius 1 is 1.00 bits per heavy atom. The maximum atomic E-state index is 10.8. The van der Waals surface area contributed by atoms with Crippen LogP contribution in [0, 0.1) is 0 Å². The van der Waals surface area contributed by atoms with Gasteiger partial charge in [-0.1, -0.05) is 48.4 Å². The van der Waals surface area contributed by atoms with Crippen molar-refractivity contribution >= 4 is 11.6 Å². The number of likely N-dealkylation sites (tertiary alicyclic amines) is 2. The fourth-order valence-electron chi connectivity index (χ4n) is 4.96. The van der Waals surface area contributed by atoms with Crippen molar-refractivity contribution in [2.45, 2.75) is 50.7 Å². The molecule has 2 aromatic rings. The van der Waals surface area contributed by atoms with Crippen molar-refractivity contribution in [3.8, 4) is 5.75 Å². The van der Waals surface area contributed by atoms with Crippen LogP contribution in [0.5, 0.6) is 5.75 Å². The number of nitrogens with zero attached hydrogens (tertiary/aromatic N) is 2. The normalized spacial score (nSPS) is 21.3. The lowest BCUT2D eigenvalue weighted by Gasteiger charge is -2.28. The first-order valence-electron chi connectivity index (χ1n) is 11.8. The van der Waals surface area contributed by atoms with E-state index in [9.17, 15) is 5.11 Å². The first-order valence-corrected chi connectivity index (χ1v) is 12.2. The molecule has 0 radical (unpaired) electrons. The predicted octanol–water partition coefficient (Wildman–Crippen LogP) is 5.47. The fourth-order valence-corrected chi connectivity index (χ4v) is 5.22. The number of piperidine rings is 1. The van der Waals surface area contributed by atoms with Gasteiger partial charge in [-0.25, -0.2) is 0 Å². The number of aliphatic hydroxyl groups excluding tert-OH is 1. The van der Waals surface area contributed by atoms with E-state index in [0.29, 0.717) is 17.6 Å². The van der Waals surface area contributed by atoms with Gasteiger partial charge in [-0.3, -0.25) is 4.90 Å². The van der Waals surface area contributed by atoms with E-state index in [1.807, 2.05) is 24.3 Å². The molecule has 2 atom stereocenters. The molecule has 2 aliphatic heterocycles. The van der Waals surface area contributed by atoms with Crippen LogP contribution < -0.4 is 4.74 Å². The second kappa shape index (κ2) is 11.3. The number of hydrogen-bond acceptors (Lipinski definition) is 4. The minimum atomic E-state index is -0.580. The van der Waals surface area contributed by atoms with Gasteiger partial charge in [-0.15, -0.1) is 0 Å². The lowest BCUT2D eigenvalue weighted by Crippen LogP contribution is -2.31. The highest BCUT2D eigenvalue weighted by Crippen LogP contribution is 2.35. The average Bonchev–Trinajstić information content (AvgIpc) is 3.26. The molecule has 2 fully saturated rings. The van der Waals surface area contributed by atoms with Gasteiger partial charge in [-0.2, -0.15) is 0 Å². The Morgan fingerprint density at radius 2 is 1.84 bits per heavy atom. The molecule has 2 unspecified atom stereocenters. The van der Waals surface area contributed by atoms with Gasteiger partial charge in [0.25, 0.3) is 0 Å². The number of aliphatic hydroxyl groups is 1. The lowest BCUT2D eigenvalue weighted by molar-refractivity contribution is 0.106. The highest BCUT2D eigenvalue weighted by atomic mass is 35.5. The molecule has 168 valence electrons. The summed E-state index contributed by atoms with van der Waals surface area (Å²) in [5, 5.41) is 11.4. The fraction of sp³-hybridized carbons (Fsp3) is 0.538. The van der Waals surface area contributed by atoms with Gasteiger partial charge in [0.15, 0.2) is 0 Å². The van der Waals surface area contributed by atoms with E-state index in [4.69, 9.17) is 16.3 Å². The molecule has 2 saturated heterocycles. The number of halogens is 1. The summed E-state index contributed by atoms with van der Waals surface area (Å²) in [5.41, 5.74) is 2.08. The Hall–Kier alpha value is -1.59. The van der Waals surface area contributed by atoms with Crippen molar-refractivity contribution in [2.75, 3.05) is 39.3 Å². The first kappa shape index (κ1) is 22.6. The molecule has 4 rings (SSSR count). The molecule has 0 amide bonds. The van der Waals surface area contributed by atoms with Gasteiger partial charge in [0.1, 0.15) is 5.75 Å². The third-order valence-corrected chi connectivity index (χ3v) is 6.96. The smallest absolute Gasteiger partial charge is 0.119 e. The number of rotatable bonds is 9. The van der Waals surface area contributed by atoms with Gasteiger partial charge >= 0.3 is 0 Å². The van der Waals surface area contributed by atoms with Crippen LogP contribution in [0.25, 0.3) is 0 Å². The van der Waals surface area contributed by atoms with Crippen molar-refractivity contribution < 1.29 is 9.84 Å². The van der Waals surface area contributed by atoms with E-state index in [1.165, 1.54) is 37.9 Å². The van der Waals surface area contributed by atoms with E-state index in [1.54, 1.807) is 0 Å². The zero-order chi connectivity index (χ0) is 21.5. The van der Waals surface area contributed by atoms with Crippen LogP contribution in [0.15, 0.2) is 48.5 Å². The van der Waals surface area contributed by atoms with Crippen molar-refractivity contribution in [3.05, 3.63) is 64.7 Å². The van der Waals surface area contributed by atoms with Crippen molar-refractivity contribution in [2.24, 2.45) is 0 Å². The highest BCUT2D eigenvalue weighted by Gasteiger charge is 2.28. The molecular weight excluding hydrogens is 408 g/mol. The third kappa shape index (κ3) is 6.23. The van der Waals surface area contributed by atoms with Crippen molar-refractivity contribution in [1.29, 1.82) is 0 Å². The van der Waals surface area contributed by atoms with E-state index >= 15 is 0 Å². The van der Waals surface area contributed by atoms with E-state index < -0.39 is 6.10 Å². The summed E-state index contributed by atoms with van der Waals surface area (Å²) < 4.78 is 6.09. The standard InChI is InChI=1S/C26H35ClN2O2/c27-24-12-3-2-11-23(24)26(30)20-29-17-7-13-25(29)21-9-6-10-22(19-21)31-18-8-16-28-14-4-1-5-15-28/h2-3,6,9-12,19,25-26,30H,1,4-5,7-8,13-18,20H2. The van der Waals surface area contributed by atoms with E-state index in [-0.39, 0.29) is 0 Å². The average molecular weight is 443 g/mol. The van der Waals surface area contributed by atoms with E-state index in [2.05, 4.69) is 34.1 Å². The molecule has 5 heteroatoms. The molecule has 0 aromatic heterocycles. The summed E-state index contributed by atoms with van der Waals surface area (Å²) in [5.74, 6) is 0.953. The zero-order valence-corrected chi connectivity index (χ0v) is 19.1. The van der Waals surface area contributed by atoms with Gasteiger partial charge in [0, 0.05) is 29.7 Å². The minimum absolute atomic E-state index is 0.314. The van der Waals surface area contributed by atoms with Crippen LogP contribution in [0.1, 0.15) is 61.8 Å². The number of benzene rings is 2. The van der Waals surface area contributed by atoms with Crippen LogP contribution in [0.2, 0.25) is 5.02 Å². The van der Waals surface area contributed by atoms with Crippen molar-refractivity contribution in [1.82, 2.24) is 9.80 Å². The van der Waals surface area contributed by atoms with Crippen molar-refractivity contribution in [3.63, 3.8) is 0 Å². The number of ether oxygens (including phenoxy) is 1. The van der Waals surface area contributed by atoms with Gasteiger partial charge in [0.2, 0.25) is 0 Å². The molecule has 0 bridgehead atoms. The van der Waals surface area contributed by atoms with Gasteiger partial charge in [0.05, 0.1) is 12.7 Å². The molecule has 2 heterocycles. The summed E-state index contributed by atoms with van der Waals surface area (Å²) >= 11 is 6.29. The van der Waals surface area contributed by atoms with Crippen LogP contribution in [-0.4, -0.2) is 54.2 Å². The molecule has 0 spiro atoms. The monoisotopic (exact) mass is 442 g/mol. The topological polar surface area (TPSA) is 35.9 Å². The highest BCUT2D eigenvalue weighted by molar-refractivity contribution is 6.31. The number of hydrogen-bond donors (Lipinski definition) is 1. The Kier molecular flexibility index (Phi) is 8.26. The first-order chi connectivity index (χ1) is 15.2. The molecule has 2 aromatic carbocycles. The molecular formula is C26H35ClN2O2. The predicted molar refractivity (Wildman–Crippen MR) is 127 cm³/mol. The Labute approximate surface area is 191 Å². The Bertz CT molecular complexity index is 825. The van der Waals surface area contributed by atoms with E-state index in [0.717, 1.165) is 50.3 Å². The van der Waals surface area contributed by atoms with Crippen LogP contribution in [0.3, 0.4) is 0 Å². The number of β-amino-alcohol motifs (C(OH)–C–C–N with tert-alkyl or cyclic N) is 1. The van der Waals surface area contributed by atoms with Crippen LogP contribution >= 0.6 is 11.6 Å². The second-order valence-corrected chi connectivity index (χ2v) is 9.27.